The molecule has 5 nitrogen and oxygen atoms in total. The van der Waals surface area contributed by atoms with Gasteiger partial charge in [0, 0.05) is 29.7 Å². The van der Waals surface area contributed by atoms with Crippen molar-refractivity contribution in [2.24, 2.45) is 7.05 Å². The molecule has 0 bridgehead atoms. The van der Waals surface area contributed by atoms with Crippen LogP contribution in [-0.2, 0) is 16.6 Å². The lowest BCUT2D eigenvalue weighted by Gasteiger charge is -2.22. The highest BCUT2D eigenvalue weighted by atomic mass is 32.2. The van der Waals surface area contributed by atoms with Crippen LogP contribution in [0.5, 0.6) is 0 Å². The molecule has 1 atom stereocenters. The van der Waals surface area contributed by atoms with Gasteiger partial charge in [0.2, 0.25) is 0 Å². The van der Waals surface area contributed by atoms with Crippen LogP contribution in [0.15, 0.2) is 35.4 Å². The van der Waals surface area contributed by atoms with Crippen LogP contribution >= 0.6 is 35.7 Å². The Morgan fingerprint density at radius 2 is 2.15 bits per heavy atom. The van der Waals surface area contributed by atoms with E-state index in [2.05, 4.69) is 0 Å². The molecule has 0 spiro atoms. The maximum Gasteiger partial charge on any atom is 0.326 e. The molecule has 3 rings (SSSR count). The minimum atomic E-state index is -1.03. The summed E-state index contributed by atoms with van der Waals surface area (Å²) in [5, 5.41) is 10.6. The quantitative estimate of drug-likeness (QED) is 0.584. The molecule has 1 aromatic heterocycles. The summed E-state index contributed by atoms with van der Waals surface area (Å²) in [6.45, 7) is 0. The van der Waals surface area contributed by atoms with E-state index in [0.29, 0.717) is 21.4 Å². The number of carboxylic acids is 1. The molecule has 1 saturated heterocycles. The molecule has 2 aromatic rings. The first-order chi connectivity index (χ1) is 12.4. The van der Waals surface area contributed by atoms with Crippen molar-refractivity contribution < 1.29 is 14.7 Å². The Balaban J connectivity index is 1.95. The molecule has 2 heterocycles. The predicted octanol–water partition coefficient (Wildman–Crippen LogP) is 3.59. The van der Waals surface area contributed by atoms with Gasteiger partial charge in [-0.15, -0.1) is 0 Å². The monoisotopic (exact) mass is 406 g/mol. The first kappa shape index (κ1) is 19.0. The van der Waals surface area contributed by atoms with E-state index in [1.165, 1.54) is 4.90 Å². The van der Waals surface area contributed by atoms with Crippen molar-refractivity contribution >= 4 is 68.9 Å². The molecule has 8 heteroatoms. The average Bonchev–Trinajstić information content (AvgIpc) is 3.07. The Kier molecular flexibility index (Phi) is 5.74. The van der Waals surface area contributed by atoms with E-state index >= 15 is 0 Å². The molecule has 0 saturated carbocycles. The van der Waals surface area contributed by atoms with Gasteiger partial charge in [-0.25, -0.2) is 4.79 Å². The number of carboxylic acid groups (broad SMARTS) is 1. The molecule has 1 aromatic carbocycles. The zero-order valence-electron chi connectivity index (χ0n) is 14.3. The number of aliphatic carboxylic acids is 1. The number of aromatic nitrogens is 1. The summed E-state index contributed by atoms with van der Waals surface area (Å²) in [5.41, 5.74) is 1.98. The Labute approximate surface area is 165 Å². The summed E-state index contributed by atoms with van der Waals surface area (Å²) in [6, 6.07) is 7.01. The van der Waals surface area contributed by atoms with Crippen LogP contribution in [0, 0.1) is 0 Å². The number of fused-ring (bicyclic) bond motifs is 1. The van der Waals surface area contributed by atoms with Crippen molar-refractivity contribution in [1.82, 2.24) is 9.47 Å². The highest BCUT2D eigenvalue weighted by Crippen LogP contribution is 2.36. The van der Waals surface area contributed by atoms with Gasteiger partial charge in [0.05, 0.1) is 4.91 Å². The second-order valence-corrected chi connectivity index (χ2v) is 8.56. The second kappa shape index (κ2) is 7.85. The third kappa shape index (κ3) is 3.54. The Hall–Kier alpha value is -1.77. The fourth-order valence-corrected chi connectivity index (χ4v) is 4.78. The highest BCUT2D eigenvalue weighted by molar-refractivity contribution is 8.26. The van der Waals surface area contributed by atoms with E-state index < -0.39 is 12.0 Å². The molecule has 1 N–H and O–H groups in total. The summed E-state index contributed by atoms with van der Waals surface area (Å²) in [6.07, 6.45) is 6.03. The maximum absolute atomic E-state index is 12.8. The molecule has 0 aliphatic carbocycles. The number of nitrogens with zero attached hydrogens (tertiary/aromatic N) is 2. The fraction of sp³-hybridized carbons (Fsp3) is 0.278. The van der Waals surface area contributed by atoms with Crippen molar-refractivity contribution in [3.63, 3.8) is 0 Å². The van der Waals surface area contributed by atoms with E-state index in [-0.39, 0.29) is 5.91 Å². The van der Waals surface area contributed by atoms with Crippen molar-refractivity contribution in [2.45, 2.75) is 12.5 Å². The van der Waals surface area contributed by atoms with E-state index in [0.717, 1.165) is 28.2 Å². The lowest BCUT2D eigenvalue weighted by atomic mass is 10.1. The summed E-state index contributed by atoms with van der Waals surface area (Å²) >= 11 is 8.02. The number of benzene rings is 1. The summed E-state index contributed by atoms with van der Waals surface area (Å²) in [4.78, 5) is 26.2. The molecule has 0 radical (unpaired) electrons. The standard InChI is InChI=1S/C18H18N2O3S3/c1-19-10-11(12-5-3-4-6-13(12)19)9-15-16(21)20(18(24)26-15)14(17(22)23)7-8-25-2/h3-6,9-10,14H,7-8H2,1-2H3,(H,22,23)/b15-9-. The van der Waals surface area contributed by atoms with Gasteiger partial charge in [-0.3, -0.25) is 9.69 Å². The van der Waals surface area contributed by atoms with Gasteiger partial charge in [0.1, 0.15) is 10.4 Å². The molecular formula is C18H18N2O3S3. The van der Waals surface area contributed by atoms with Crippen molar-refractivity contribution in [2.75, 3.05) is 12.0 Å². The maximum atomic E-state index is 12.8. The first-order valence-electron chi connectivity index (χ1n) is 7.97. The Morgan fingerprint density at radius 3 is 2.85 bits per heavy atom. The largest absolute Gasteiger partial charge is 0.480 e. The smallest absolute Gasteiger partial charge is 0.326 e. The van der Waals surface area contributed by atoms with Gasteiger partial charge in [0.25, 0.3) is 5.91 Å². The van der Waals surface area contributed by atoms with Gasteiger partial charge in [-0.2, -0.15) is 11.8 Å². The van der Waals surface area contributed by atoms with Crippen LogP contribution in [0.3, 0.4) is 0 Å². The molecule has 26 heavy (non-hydrogen) atoms. The van der Waals surface area contributed by atoms with Gasteiger partial charge in [-0.05, 0) is 30.6 Å². The molecule has 136 valence electrons. The highest BCUT2D eigenvalue weighted by Gasteiger charge is 2.40. The van der Waals surface area contributed by atoms with Crippen LogP contribution in [0.1, 0.15) is 12.0 Å². The fourth-order valence-electron chi connectivity index (χ4n) is 2.97. The number of amides is 1. The molecule has 1 amide bonds. The number of aryl methyl sites for hydroxylation is 1. The molecular weight excluding hydrogens is 388 g/mol. The molecule has 1 aliphatic rings. The first-order valence-corrected chi connectivity index (χ1v) is 10.6. The number of thiocarbonyl (C=S) groups is 1. The third-order valence-electron chi connectivity index (χ3n) is 4.23. The topological polar surface area (TPSA) is 62.5 Å². The van der Waals surface area contributed by atoms with Gasteiger partial charge in [-0.1, -0.05) is 42.2 Å². The molecule has 1 unspecified atom stereocenters. The number of para-hydroxylation sites is 1. The zero-order valence-corrected chi connectivity index (χ0v) is 16.8. The lowest BCUT2D eigenvalue weighted by molar-refractivity contribution is -0.145. The Bertz CT molecular complexity index is 920. The SMILES string of the molecule is CSCCC(C(=O)O)N1C(=O)/C(=C/c2cn(C)c3ccccc23)SC1=S. The number of carbonyl (C=O) groups excluding carboxylic acids is 1. The summed E-state index contributed by atoms with van der Waals surface area (Å²) in [5.74, 6) is -0.709. The van der Waals surface area contributed by atoms with Crippen LogP contribution in [-0.4, -0.2) is 48.8 Å². The van der Waals surface area contributed by atoms with Crippen molar-refractivity contribution in [3.8, 4) is 0 Å². The zero-order chi connectivity index (χ0) is 18.8. The van der Waals surface area contributed by atoms with E-state index in [9.17, 15) is 14.7 Å². The van der Waals surface area contributed by atoms with Crippen LogP contribution in [0.25, 0.3) is 17.0 Å². The summed E-state index contributed by atoms with van der Waals surface area (Å²) in [7, 11) is 1.95. The minimum Gasteiger partial charge on any atom is -0.480 e. The van der Waals surface area contributed by atoms with Crippen LogP contribution in [0.4, 0.5) is 0 Å². The van der Waals surface area contributed by atoms with E-state index in [4.69, 9.17) is 12.2 Å². The van der Waals surface area contributed by atoms with E-state index in [1.807, 2.05) is 48.3 Å². The van der Waals surface area contributed by atoms with Gasteiger partial charge < -0.3 is 9.67 Å². The molecule has 1 fully saturated rings. The predicted molar refractivity (Wildman–Crippen MR) is 112 cm³/mol. The van der Waals surface area contributed by atoms with Crippen LogP contribution < -0.4 is 0 Å². The van der Waals surface area contributed by atoms with Crippen molar-refractivity contribution in [1.29, 1.82) is 0 Å². The van der Waals surface area contributed by atoms with Crippen molar-refractivity contribution in [3.05, 3.63) is 40.9 Å². The third-order valence-corrected chi connectivity index (χ3v) is 6.20. The number of hydrogen-bond acceptors (Lipinski definition) is 5. The van der Waals surface area contributed by atoms with Gasteiger partial charge in [0.15, 0.2) is 0 Å². The average molecular weight is 407 g/mol. The summed E-state index contributed by atoms with van der Waals surface area (Å²) < 4.78 is 2.30. The number of carbonyl (C=O) groups is 2. The number of thioether (sulfide) groups is 2. The second-order valence-electron chi connectivity index (χ2n) is 5.90. The lowest BCUT2D eigenvalue weighted by Crippen LogP contribution is -2.44. The van der Waals surface area contributed by atoms with E-state index in [1.54, 1.807) is 17.8 Å². The van der Waals surface area contributed by atoms with Crippen LogP contribution in [0.2, 0.25) is 0 Å². The molecule has 1 aliphatic heterocycles. The Morgan fingerprint density at radius 1 is 1.42 bits per heavy atom. The van der Waals surface area contributed by atoms with Gasteiger partial charge >= 0.3 is 5.97 Å². The number of rotatable bonds is 6. The number of hydrogen-bond donors (Lipinski definition) is 1. The normalized spacial score (nSPS) is 17.5. The minimum absolute atomic E-state index is 0.301.